The molecule has 0 unspecified atom stereocenters. The Hall–Kier alpha value is -0.520. The monoisotopic (exact) mass is 218 g/mol. The minimum absolute atomic E-state index is 0.333. The van der Waals surface area contributed by atoms with E-state index in [1.54, 1.807) is 24.3 Å². The van der Waals surface area contributed by atoms with Gasteiger partial charge in [-0.15, -0.1) is 0 Å². The summed E-state index contributed by atoms with van der Waals surface area (Å²) >= 11 is 4.06. The summed E-state index contributed by atoms with van der Waals surface area (Å²) in [4.78, 5) is 0. The minimum Gasteiger partial charge on any atom is -0.285 e. The first-order valence-electron chi connectivity index (χ1n) is 3.65. The van der Waals surface area contributed by atoms with E-state index in [4.69, 9.17) is 4.55 Å². The molecule has 13 heavy (non-hydrogen) atoms. The SMILES string of the molecule is O=S(=O)(O)Cc1ccc(CS)cc1. The van der Waals surface area contributed by atoms with Gasteiger partial charge in [0.25, 0.3) is 10.1 Å². The Morgan fingerprint density at radius 2 is 1.62 bits per heavy atom. The van der Waals surface area contributed by atoms with Crippen molar-refractivity contribution in [2.24, 2.45) is 0 Å². The quantitative estimate of drug-likeness (QED) is 0.597. The van der Waals surface area contributed by atoms with Crippen LogP contribution in [0.4, 0.5) is 0 Å². The number of benzene rings is 1. The second-order valence-corrected chi connectivity index (χ2v) is 4.47. The van der Waals surface area contributed by atoms with Crippen molar-refractivity contribution in [2.75, 3.05) is 0 Å². The van der Waals surface area contributed by atoms with Gasteiger partial charge in [0, 0.05) is 5.75 Å². The van der Waals surface area contributed by atoms with Crippen molar-refractivity contribution in [3.8, 4) is 0 Å². The zero-order valence-electron chi connectivity index (χ0n) is 6.84. The average molecular weight is 218 g/mol. The van der Waals surface area contributed by atoms with Crippen LogP contribution in [0.15, 0.2) is 24.3 Å². The van der Waals surface area contributed by atoms with Crippen molar-refractivity contribution in [3.63, 3.8) is 0 Å². The molecule has 1 aromatic carbocycles. The molecule has 0 aliphatic rings. The summed E-state index contributed by atoms with van der Waals surface area (Å²) in [5, 5.41) is 0. The summed E-state index contributed by atoms with van der Waals surface area (Å²) in [6.45, 7) is 0. The zero-order valence-corrected chi connectivity index (χ0v) is 8.55. The van der Waals surface area contributed by atoms with Crippen LogP contribution in [-0.4, -0.2) is 13.0 Å². The maximum Gasteiger partial charge on any atom is 0.269 e. The predicted octanol–water partition coefficient (Wildman–Crippen LogP) is 1.50. The fourth-order valence-corrected chi connectivity index (χ4v) is 1.78. The molecule has 0 aromatic heterocycles. The highest BCUT2D eigenvalue weighted by molar-refractivity contribution is 7.85. The van der Waals surface area contributed by atoms with E-state index < -0.39 is 10.1 Å². The molecule has 0 saturated carbocycles. The first-order chi connectivity index (χ1) is 6.01. The molecule has 0 aliphatic carbocycles. The zero-order chi connectivity index (χ0) is 9.90. The Morgan fingerprint density at radius 3 is 2.00 bits per heavy atom. The third-order valence-electron chi connectivity index (χ3n) is 1.55. The van der Waals surface area contributed by atoms with Crippen LogP contribution < -0.4 is 0 Å². The van der Waals surface area contributed by atoms with Gasteiger partial charge in [-0.05, 0) is 11.1 Å². The van der Waals surface area contributed by atoms with E-state index in [2.05, 4.69) is 12.6 Å². The molecule has 5 heteroatoms. The van der Waals surface area contributed by atoms with Crippen LogP contribution in [0.3, 0.4) is 0 Å². The van der Waals surface area contributed by atoms with Crippen LogP contribution >= 0.6 is 12.6 Å². The molecular formula is C8H10O3S2. The van der Waals surface area contributed by atoms with Gasteiger partial charge in [0.1, 0.15) is 5.75 Å². The summed E-state index contributed by atoms with van der Waals surface area (Å²) < 4.78 is 29.5. The molecule has 1 N–H and O–H groups in total. The number of rotatable bonds is 3. The largest absolute Gasteiger partial charge is 0.285 e. The van der Waals surface area contributed by atoms with Crippen molar-refractivity contribution in [1.29, 1.82) is 0 Å². The Balaban J connectivity index is 2.81. The highest BCUT2D eigenvalue weighted by atomic mass is 32.2. The lowest BCUT2D eigenvalue weighted by Gasteiger charge is -1.99. The lowest BCUT2D eigenvalue weighted by Crippen LogP contribution is -2.01. The van der Waals surface area contributed by atoms with E-state index >= 15 is 0 Å². The van der Waals surface area contributed by atoms with E-state index in [1.165, 1.54) is 0 Å². The van der Waals surface area contributed by atoms with Gasteiger partial charge in [-0.2, -0.15) is 21.0 Å². The maximum absolute atomic E-state index is 10.5. The van der Waals surface area contributed by atoms with E-state index in [0.717, 1.165) is 5.56 Å². The van der Waals surface area contributed by atoms with Crippen molar-refractivity contribution in [1.82, 2.24) is 0 Å². The molecule has 0 spiro atoms. The molecule has 0 atom stereocenters. The van der Waals surface area contributed by atoms with Crippen molar-refractivity contribution < 1.29 is 13.0 Å². The lowest BCUT2D eigenvalue weighted by molar-refractivity contribution is 0.482. The molecule has 0 heterocycles. The van der Waals surface area contributed by atoms with Gasteiger partial charge >= 0.3 is 0 Å². The fourth-order valence-electron chi connectivity index (χ4n) is 0.952. The normalized spacial score (nSPS) is 11.5. The van der Waals surface area contributed by atoms with Crippen molar-refractivity contribution in [2.45, 2.75) is 11.5 Å². The molecule has 1 rings (SSSR count). The van der Waals surface area contributed by atoms with Crippen LogP contribution in [0.2, 0.25) is 0 Å². The fraction of sp³-hybridized carbons (Fsp3) is 0.250. The first kappa shape index (κ1) is 10.6. The van der Waals surface area contributed by atoms with Gasteiger partial charge < -0.3 is 0 Å². The smallest absolute Gasteiger partial charge is 0.269 e. The minimum atomic E-state index is -3.92. The molecule has 0 aliphatic heterocycles. The highest BCUT2D eigenvalue weighted by Crippen LogP contribution is 2.08. The average Bonchev–Trinajstić information content (AvgIpc) is 2.03. The molecule has 0 amide bonds. The summed E-state index contributed by atoms with van der Waals surface area (Å²) in [5.74, 6) is 0.284. The highest BCUT2D eigenvalue weighted by Gasteiger charge is 2.05. The second kappa shape index (κ2) is 4.13. The number of hydrogen-bond acceptors (Lipinski definition) is 3. The van der Waals surface area contributed by atoms with Crippen LogP contribution in [-0.2, 0) is 21.6 Å². The topological polar surface area (TPSA) is 54.4 Å². The standard InChI is InChI=1S/C8H10O3S2/c9-13(10,11)6-8-3-1-7(5-12)2-4-8/h1-4,12H,5-6H2,(H,9,10,11). The van der Waals surface area contributed by atoms with E-state index in [1.807, 2.05) is 0 Å². The molecule has 1 aromatic rings. The van der Waals surface area contributed by atoms with Crippen LogP contribution in [0.5, 0.6) is 0 Å². The summed E-state index contributed by atoms with van der Waals surface area (Å²) in [5.41, 5.74) is 1.59. The van der Waals surface area contributed by atoms with Gasteiger partial charge in [0.15, 0.2) is 0 Å². The van der Waals surface area contributed by atoms with Gasteiger partial charge in [-0.25, -0.2) is 0 Å². The summed E-state index contributed by atoms with van der Waals surface area (Å²) in [6.07, 6.45) is 0. The summed E-state index contributed by atoms with van der Waals surface area (Å²) in [6, 6.07) is 6.90. The molecule has 0 saturated heterocycles. The van der Waals surface area contributed by atoms with Gasteiger partial charge in [-0.1, -0.05) is 24.3 Å². The van der Waals surface area contributed by atoms with Crippen molar-refractivity contribution >= 4 is 22.7 Å². The third kappa shape index (κ3) is 3.80. The molecule has 0 bridgehead atoms. The Labute approximate surface area is 82.9 Å². The van der Waals surface area contributed by atoms with Gasteiger partial charge in [0.2, 0.25) is 0 Å². The lowest BCUT2D eigenvalue weighted by atomic mass is 10.2. The van der Waals surface area contributed by atoms with Crippen LogP contribution in [0.1, 0.15) is 11.1 Å². The van der Waals surface area contributed by atoms with Crippen LogP contribution in [0, 0.1) is 0 Å². The van der Waals surface area contributed by atoms with Crippen molar-refractivity contribution in [3.05, 3.63) is 35.4 Å². The Bertz CT molecular complexity index is 367. The van der Waals surface area contributed by atoms with E-state index in [0.29, 0.717) is 11.3 Å². The van der Waals surface area contributed by atoms with Crippen LogP contribution in [0.25, 0.3) is 0 Å². The third-order valence-corrected chi connectivity index (χ3v) is 2.62. The number of hydrogen-bond donors (Lipinski definition) is 2. The van der Waals surface area contributed by atoms with Gasteiger partial charge in [0.05, 0.1) is 0 Å². The Morgan fingerprint density at radius 1 is 1.15 bits per heavy atom. The van der Waals surface area contributed by atoms with E-state index in [9.17, 15) is 8.42 Å². The predicted molar refractivity (Wildman–Crippen MR) is 54.4 cm³/mol. The first-order valence-corrected chi connectivity index (χ1v) is 5.89. The molecule has 72 valence electrons. The molecule has 3 nitrogen and oxygen atoms in total. The molecule has 0 fully saturated rings. The van der Waals surface area contributed by atoms with Gasteiger partial charge in [-0.3, -0.25) is 4.55 Å². The number of thiol groups is 1. The Kier molecular flexibility index (Phi) is 3.35. The molecule has 0 radical (unpaired) electrons. The second-order valence-electron chi connectivity index (χ2n) is 2.70. The summed E-state index contributed by atoms with van der Waals surface area (Å²) in [7, 11) is -3.92. The molecular weight excluding hydrogens is 208 g/mol. The van der Waals surface area contributed by atoms with E-state index in [-0.39, 0.29) is 5.75 Å². The maximum atomic E-state index is 10.5.